The number of nitrogens with one attached hydrogen (secondary N) is 1. The zero-order valence-electron chi connectivity index (χ0n) is 15.0. The van der Waals surface area contributed by atoms with Crippen LogP contribution in [0.2, 0.25) is 0 Å². The second-order valence-corrected chi connectivity index (χ2v) is 8.51. The Hall–Kier alpha value is -1.92. The van der Waals surface area contributed by atoms with Crippen molar-refractivity contribution in [1.82, 2.24) is 4.72 Å². The highest BCUT2D eigenvalue weighted by atomic mass is 32.2. The van der Waals surface area contributed by atoms with E-state index in [4.69, 9.17) is 0 Å². The summed E-state index contributed by atoms with van der Waals surface area (Å²) in [5, 5.41) is 0. The van der Waals surface area contributed by atoms with Gasteiger partial charge in [-0.15, -0.1) is 0 Å². The van der Waals surface area contributed by atoms with E-state index < -0.39 is 15.8 Å². The van der Waals surface area contributed by atoms with Crippen LogP contribution in [0.3, 0.4) is 0 Å². The summed E-state index contributed by atoms with van der Waals surface area (Å²) < 4.78 is 40.4. The first-order chi connectivity index (χ1) is 12.5. The Bertz CT molecular complexity index is 845. The van der Waals surface area contributed by atoms with Gasteiger partial charge in [0.05, 0.1) is 4.90 Å². The van der Waals surface area contributed by atoms with E-state index in [0.717, 1.165) is 19.5 Å². The van der Waals surface area contributed by atoms with Crippen LogP contribution in [-0.2, 0) is 16.4 Å². The van der Waals surface area contributed by atoms with Crippen molar-refractivity contribution in [2.24, 2.45) is 0 Å². The van der Waals surface area contributed by atoms with Crippen molar-refractivity contribution in [2.45, 2.75) is 37.5 Å². The topological polar surface area (TPSA) is 49.4 Å². The molecule has 4 nitrogen and oxygen atoms in total. The number of hydrogen-bond acceptors (Lipinski definition) is 3. The Balaban J connectivity index is 1.50. The summed E-state index contributed by atoms with van der Waals surface area (Å²) in [6.45, 7) is 4.21. The number of hydrogen-bond donors (Lipinski definition) is 1. The van der Waals surface area contributed by atoms with Crippen LogP contribution >= 0.6 is 0 Å². The number of aryl methyl sites for hydroxylation is 2. The van der Waals surface area contributed by atoms with Crippen LogP contribution in [0.5, 0.6) is 0 Å². The second-order valence-electron chi connectivity index (χ2n) is 6.77. The van der Waals surface area contributed by atoms with Crippen LogP contribution in [0.15, 0.2) is 47.4 Å². The van der Waals surface area contributed by atoms with Crippen LogP contribution < -0.4 is 9.62 Å². The summed E-state index contributed by atoms with van der Waals surface area (Å²) in [5.41, 5.74) is 2.87. The van der Waals surface area contributed by atoms with E-state index in [9.17, 15) is 12.8 Å². The minimum atomic E-state index is -3.60. The van der Waals surface area contributed by atoms with Crippen LogP contribution in [0.1, 0.15) is 30.4 Å². The van der Waals surface area contributed by atoms with Gasteiger partial charge in [0.2, 0.25) is 10.0 Å². The van der Waals surface area contributed by atoms with E-state index in [2.05, 4.69) is 33.9 Å². The number of anilines is 1. The fourth-order valence-corrected chi connectivity index (χ4v) is 4.64. The summed E-state index contributed by atoms with van der Waals surface area (Å²) in [6.07, 6.45) is 4.04. The molecule has 0 saturated carbocycles. The quantitative estimate of drug-likeness (QED) is 0.751. The number of halogens is 1. The first-order valence-corrected chi connectivity index (χ1v) is 10.5. The van der Waals surface area contributed by atoms with Crippen LogP contribution in [-0.4, -0.2) is 28.1 Å². The van der Waals surface area contributed by atoms with Gasteiger partial charge in [0.1, 0.15) is 5.82 Å². The molecule has 1 aliphatic rings. The summed E-state index contributed by atoms with van der Waals surface area (Å²) in [5.74, 6) is -0.432. The molecule has 0 unspecified atom stereocenters. The predicted octanol–water partition coefficient (Wildman–Crippen LogP) is 3.65. The first kappa shape index (κ1) is 18.9. The lowest BCUT2D eigenvalue weighted by Crippen LogP contribution is -2.25. The van der Waals surface area contributed by atoms with E-state index in [0.29, 0.717) is 18.5 Å². The molecule has 26 heavy (non-hydrogen) atoms. The number of rotatable bonds is 7. The first-order valence-electron chi connectivity index (χ1n) is 9.05. The minimum Gasteiger partial charge on any atom is -0.372 e. The Morgan fingerprint density at radius 3 is 2.42 bits per heavy atom. The van der Waals surface area contributed by atoms with E-state index in [1.54, 1.807) is 6.92 Å². The van der Waals surface area contributed by atoms with E-state index in [1.807, 2.05) is 0 Å². The van der Waals surface area contributed by atoms with Crippen molar-refractivity contribution >= 4 is 15.7 Å². The molecule has 2 aromatic carbocycles. The van der Waals surface area contributed by atoms with Gasteiger partial charge in [-0.25, -0.2) is 17.5 Å². The smallest absolute Gasteiger partial charge is 0.240 e. The van der Waals surface area contributed by atoms with Crippen molar-refractivity contribution in [3.8, 4) is 0 Å². The van der Waals surface area contributed by atoms with Gasteiger partial charge in [-0.2, -0.15) is 0 Å². The molecule has 0 spiro atoms. The largest absolute Gasteiger partial charge is 0.372 e. The maximum atomic E-state index is 13.1. The second kappa shape index (κ2) is 8.18. The molecule has 1 aliphatic heterocycles. The number of benzene rings is 2. The van der Waals surface area contributed by atoms with Crippen molar-refractivity contribution in [2.75, 3.05) is 24.5 Å². The monoisotopic (exact) mass is 376 g/mol. The molecular weight excluding hydrogens is 351 g/mol. The van der Waals surface area contributed by atoms with E-state index in [-0.39, 0.29) is 4.90 Å². The van der Waals surface area contributed by atoms with E-state index in [1.165, 1.54) is 42.3 Å². The molecule has 0 aliphatic carbocycles. The Morgan fingerprint density at radius 1 is 1.08 bits per heavy atom. The molecule has 2 aromatic rings. The molecule has 0 atom stereocenters. The van der Waals surface area contributed by atoms with Gasteiger partial charge in [0, 0.05) is 25.3 Å². The average Bonchev–Trinajstić information content (AvgIpc) is 3.13. The van der Waals surface area contributed by atoms with E-state index >= 15 is 0 Å². The fourth-order valence-electron chi connectivity index (χ4n) is 3.34. The third-order valence-corrected chi connectivity index (χ3v) is 6.39. The average molecular weight is 376 g/mol. The van der Waals surface area contributed by atoms with Gasteiger partial charge in [0.25, 0.3) is 0 Å². The molecule has 1 heterocycles. The van der Waals surface area contributed by atoms with Gasteiger partial charge >= 0.3 is 0 Å². The molecule has 0 bridgehead atoms. The molecule has 6 heteroatoms. The molecule has 0 aromatic heterocycles. The Labute approximate surface area is 155 Å². The molecule has 140 valence electrons. The lowest BCUT2D eigenvalue weighted by Gasteiger charge is -2.17. The normalized spacial score (nSPS) is 14.8. The van der Waals surface area contributed by atoms with Crippen LogP contribution in [0.4, 0.5) is 10.1 Å². The zero-order valence-corrected chi connectivity index (χ0v) is 15.9. The third-order valence-electron chi connectivity index (χ3n) is 4.77. The molecular formula is C20H25FN2O2S. The highest BCUT2D eigenvalue weighted by molar-refractivity contribution is 7.89. The maximum absolute atomic E-state index is 13.1. The highest BCUT2D eigenvalue weighted by Crippen LogP contribution is 2.21. The summed E-state index contributed by atoms with van der Waals surface area (Å²) in [6, 6.07) is 12.2. The van der Waals surface area contributed by atoms with Crippen molar-refractivity contribution in [3.05, 3.63) is 59.4 Å². The van der Waals surface area contributed by atoms with Crippen LogP contribution in [0, 0.1) is 12.7 Å². The minimum absolute atomic E-state index is 0.133. The summed E-state index contributed by atoms with van der Waals surface area (Å²) >= 11 is 0. The van der Waals surface area contributed by atoms with Gasteiger partial charge in [0.15, 0.2) is 0 Å². The van der Waals surface area contributed by atoms with Gasteiger partial charge in [-0.1, -0.05) is 12.1 Å². The standard InChI is InChI=1S/C20H25FN2O2S/c1-16-15-18(21)8-11-20(16)26(24,25)22-12-4-5-17-6-9-19(10-7-17)23-13-2-3-14-23/h6-11,15,22H,2-5,12-14H2,1H3. The molecule has 0 amide bonds. The maximum Gasteiger partial charge on any atom is 0.240 e. The number of nitrogens with zero attached hydrogens (tertiary/aromatic N) is 1. The van der Waals surface area contributed by atoms with Gasteiger partial charge < -0.3 is 4.90 Å². The van der Waals surface area contributed by atoms with Crippen LogP contribution in [0.25, 0.3) is 0 Å². The Morgan fingerprint density at radius 2 is 1.77 bits per heavy atom. The Kier molecular flexibility index (Phi) is 5.94. The molecule has 1 fully saturated rings. The summed E-state index contributed by atoms with van der Waals surface area (Å²) in [4.78, 5) is 2.53. The van der Waals surface area contributed by atoms with Gasteiger partial charge in [-0.05, 0) is 74.1 Å². The third kappa shape index (κ3) is 4.62. The molecule has 1 N–H and O–H groups in total. The fraction of sp³-hybridized carbons (Fsp3) is 0.400. The van der Waals surface area contributed by atoms with Gasteiger partial charge in [-0.3, -0.25) is 0 Å². The van der Waals surface area contributed by atoms with Crippen molar-refractivity contribution < 1.29 is 12.8 Å². The zero-order chi connectivity index (χ0) is 18.6. The lowest BCUT2D eigenvalue weighted by atomic mass is 10.1. The number of sulfonamides is 1. The molecule has 3 rings (SSSR count). The van der Waals surface area contributed by atoms with Crippen molar-refractivity contribution in [1.29, 1.82) is 0 Å². The van der Waals surface area contributed by atoms with Crippen molar-refractivity contribution in [3.63, 3.8) is 0 Å². The lowest BCUT2D eigenvalue weighted by molar-refractivity contribution is 0.577. The predicted molar refractivity (Wildman–Crippen MR) is 103 cm³/mol. The SMILES string of the molecule is Cc1cc(F)ccc1S(=O)(=O)NCCCc1ccc(N2CCCC2)cc1. The molecule has 0 radical (unpaired) electrons. The summed E-state index contributed by atoms with van der Waals surface area (Å²) in [7, 11) is -3.60. The highest BCUT2D eigenvalue weighted by Gasteiger charge is 2.16. The molecule has 1 saturated heterocycles.